The fourth-order valence-electron chi connectivity index (χ4n) is 3.60. The molecule has 32 heavy (non-hydrogen) atoms. The van der Waals surface area contributed by atoms with Crippen LogP contribution < -0.4 is 9.47 Å². The standard InChI is InChI=1S/C23H25BrN2O6/c1-25(2)8-9-26-19(14-11-16(24)21(28)17(12-14)32-4)18(22(29)23(26)30)20(27)13-6-5-7-15(10-13)31-3/h5-7,10-12,19,27-28H,8-9H2,1-4H3. The number of phenolic OH excluding ortho intramolecular Hbond substituents is 1. The summed E-state index contributed by atoms with van der Waals surface area (Å²) >= 11 is 3.30. The van der Waals surface area contributed by atoms with Crippen LogP contribution in [0.2, 0.25) is 0 Å². The molecular formula is C23H25BrN2O6. The number of Topliss-reactive ketones (excluding diaryl/α,β-unsaturated/α-hetero) is 1. The zero-order valence-electron chi connectivity index (χ0n) is 18.3. The number of likely N-dealkylation sites (N-methyl/N-ethyl adjacent to an activating group) is 1. The summed E-state index contributed by atoms with van der Waals surface area (Å²) in [6.07, 6.45) is 0. The van der Waals surface area contributed by atoms with E-state index in [9.17, 15) is 19.8 Å². The number of carbonyl (C=O) groups is 2. The average molecular weight is 505 g/mol. The van der Waals surface area contributed by atoms with E-state index in [4.69, 9.17) is 9.47 Å². The van der Waals surface area contributed by atoms with Crippen molar-refractivity contribution in [3.05, 3.63) is 57.6 Å². The first-order chi connectivity index (χ1) is 15.2. The van der Waals surface area contributed by atoms with Gasteiger partial charge in [-0.05, 0) is 59.9 Å². The number of benzene rings is 2. The van der Waals surface area contributed by atoms with Crippen molar-refractivity contribution >= 4 is 33.4 Å². The number of rotatable bonds is 7. The first-order valence-electron chi connectivity index (χ1n) is 9.83. The van der Waals surface area contributed by atoms with Gasteiger partial charge < -0.3 is 29.5 Å². The van der Waals surface area contributed by atoms with E-state index in [0.717, 1.165) is 0 Å². The molecule has 0 saturated carbocycles. The van der Waals surface area contributed by atoms with Crippen molar-refractivity contribution in [3.8, 4) is 17.2 Å². The minimum Gasteiger partial charge on any atom is -0.507 e. The third-order valence-electron chi connectivity index (χ3n) is 5.26. The Hall–Kier alpha value is -3.04. The smallest absolute Gasteiger partial charge is 0.295 e. The lowest BCUT2D eigenvalue weighted by atomic mass is 9.95. The summed E-state index contributed by atoms with van der Waals surface area (Å²) in [5.74, 6) is -1.21. The number of ketones is 1. The van der Waals surface area contributed by atoms with Gasteiger partial charge in [0.1, 0.15) is 11.5 Å². The van der Waals surface area contributed by atoms with Gasteiger partial charge in [0, 0.05) is 18.7 Å². The van der Waals surface area contributed by atoms with Gasteiger partial charge in [0.15, 0.2) is 11.5 Å². The number of amides is 1. The molecule has 2 aromatic carbocycles. The predicted molar refractivity (Wildman–Crippen MR) is 123 cm³/mol. The zero-order valence-corrected chi connectivity index (χ0v) is 19.8. The van der Waals surface area contributed by atoms with Crippen molar-refractivity contribution in [3.63, 3.8) is 0 Å². The molecule has 0 radical (unpaired) electrons. The molecule has 2 aromatic rings. The first kappa shape index (κ1) is 23.6. The Morgan fingerprint density at radius 3 is 2.50 bits per heavy atom. The molecule has 3 rings (SSSR count). The van der Waals surface area contributed by atoms with Crippen molar-refractivity contribution in [2.45, 2.75) is 6.04 Å². The van der Waals surface area contributed by atoms with Gasteiger partial charge in [-0.25, -0.2) is 0 Å². The lowest BCUT2D eigenvalue weighted by Crippen LogP contribution is -2.35. The van der Waals surface area contributed by atoms with E-state index < -0.39 is 17.7 Å². The van der Waals surface area contributed by atoms with Crippen LogP contribution >= 0.6 is 15.9 Å². The molecule has 1 aliphatic rings. The zero-order chi connectivity index (χ0) is 23.6. The molecule has 0 spiro atoms. The molecule has 9 heteroatoms. The topological polar surface area (TPSA) is 99.5 Å². The largest absolute Gasteiger partial charge is 0.507 e. The lowest BCUT2D eigenvalue weighted by Gasteiger charge is -2.27. The Kier molecular flexibility index (Phi) is 7.10. The molecule has 1 unspecified atom stereocenters. The van der Waals surface area contributed by atoms with Gasteiger partial charge in [-0.15, -0.1) is 0 Å². The van der Waals surface area contributed by atoms with Crippen LogP contribution in [0.5, 0.6) is 17.2 Å². The van der Waals surface area contributed by atoms with Crippen LogP contribution in [0.1, 0.15) is 17.2 Å². The highest BCUT2D eigenvalue weighted by atomic mass is 79.9. The molecule has 1 atom stereocenters. The van der Waals surface area contributed by atoms with Gasteiger partial charge in [-0.2, -0.15) is 0 Å². The summed E-state index contributed by atoms with van der Waals surface area (Å²) in [4.78, 5) is 29.4. The Morgan fingerprint density at radius 2 is 1.88 bits per heavy atom. The number of aliphatic hydroxyl groups is 1. The maximum absolute atomic E-state index is 13.1. The fraction of sp³-hybridized carbons (Fsp3) is 0.304. The molecule has 0 aromatic heterocycles. The molecule has 2 N–H and O–H groups in total. The number of carbonyl (C=O) groups excluding carboxylic acids is 2. The molecule has 170 valence electrons. The minimum atomic E-state index is -0.869. The van der Waals surface area contributed by atoms with Gasteiger partial charge in [0.2, 0.25) is 0 Å². The molecule has 8 nitrogen and oxygen atoms in total. The summed E-state index contributed by atoms with van der Waals surface area (Å²) in [6, 6.07) is 8.92. The third kappa shape index (κ3) is 4.44. The lowest BCUT2D eigenvalue weighted by molar-refractivity contribution is -0.140. The summed E-state index contributed by atoms with van der Waals surface area (Å²) in [6.45, 7) is 0.775. The number of methoxy groups -OCH3 is 2. The highest BCUT2D eigenvalue weighted by molar-refractivity contribution is 9.10. The van der Waals surface area contributed by atoms with Crippen molar-refractivity contribution in [1.82, 2.24) is 9.80 Å². The van der Waals surface area contributed by atoms with Crippen LogP contribution in [-0.2, 0) is 9.59 Å². The van der Waals surface area contributed by atoms with Gasteiger partial charge in [-0.3, -0.25) is 9.59 Å². The number of nitrogens with zero attached hydrogens (tertiary/aromatic N) is 2. The highest BCUT2D eigenvalue weighted by Crippen LogP contribution is 2.44. The summed E-state index contributed by atoms with van der Waals surface area (Å²) < 4.78 is 10.8. The number of aromatic hydroxyl groups is 1. The minimum absolute atomic E-state index is 0.0401. The highest BCUT2D eigenvalue weighted by Gasteiger charge is 2.46. The molecular weight excluding hydrogens is 480 g/mol. The second kappa shape index (κ2) is 9.62. The number of halogens is 1. The first-order valence-corrected chi connectivity index (χ1v) is 10.6. The number of hydrogen-bond acceptors (Lipinski definition) is 7. The average Bonchev–Trinajstić information content (AvgIpc) is 3.03. The van der Waals surface area contributed by atoms with Gasteiger partial charge >= 0.3 is 0 Å². The number of ether oxygens (including phenoxy) is 2. The Labute approximate surface area is 194 Å². The number of likely N-dealkylation sites (tertiary alicyclic amines) is 1. The SMILES string of the molecule is COc1cccc(C(O)=C2C(=O)C(=O)N(CCN(C)C)C2c2cc(Br)c(O)c(OC)c2)c1. The second-order valence-corrected chi connectivity index (χ2v) is 8.44. The van der Waals surface area contributed by atoms with E-state index in [0.29, 0.717) is 27.9 Å². The van der Waals surface area contributed by atoms with Crippen LogP contribution in [0.15, 0.2) is 46.4 Å². The van der Waals surface area contributed by atoms with E-state index in [1.54, 1.807) is 36.4 Å². The van der Waals surface area contributed by atoms with Gasteiger partial charge in [0.25, 0.3) is 11.7 Å². The third-order valence-corrected chi connectivity index (χ3v) is 5.86. The Balaban J connectivity index is 2.23. The second-order valence-electron chi connectivity index (χ2n) is 7.58. The molecule has 1 heterocycles. The normalized spacial score (nSPS) is 17.8. The van der Waals surface area contributed by atoms with Gasteiger partial charge in [-0.1, -0.05) is 12.1 Å². The summed E-state index contributed by atoms with van der Waals surface area (Å²) in [5.41, 5.74) is 0.820. The fourth-order valence-corrected chi connectivity index (χ4v) is 4.06. The number of aliphatic hydroxyl groups excluding tert-OH is 1. The summed E-state index contributed by atoms with van der Waals surface area (Å²) in [7, 11) is 6.63. The quantitative estimate of drug-likeness (QED) is 0.339. The molecule has 0 aliphatic carbocycles. The maximum atomic E-state index is 13.1. The van der Waals surface area contributed by atoms with Crippen molar-refractivity contribution in [1.29, 1.82) is 0 Å². The Bertz CT molecular complexity index is 1080. The van der Waals surface area contributed by atoms with Crippen LogP contribution in [0.3, 0.4) is 0 Å². The number of hydrogen-bond donors (Lipinski definition) is 2. The Morgan fingerprint density at radius 1 is 1.16 bits per heavy atom. The van der Waals surface area contributed by atoms with Crippen molar-refractivity contribution in [2.24, 2.45) is 0 Å². The number of phenols is 1. The van der Waals surface area contributed by atoms with Crippen molar-refractivity contribution in [2.75, 3.05) is 41.4 Å². The van der Waals surface area contributed by atoms with E-state index >= 15 is 0 Å². The molecule has 1 fully saturated rings. The van der Waals surface area contributed by atoms with E-state index in [1.165, 1.54) is 19.1 Å². The maximum Gasteiger partial charge on any atom is 0.295 e. The molecule has 1 aliphatic heterocycles. The van der Waals surface area contributed by atoms with Crippen LogP contribution in [0.25, 0.3) is 5.76 Å². The van der Waals surface area contributed by atoms with Gasteiger partial charge in [0.05, 0.1) is 30.3 Å². The predicted octanol–water partition coefficient (Wildman–Crippen LogP) is 3.16. The van der Waals surface area contributed by atoms with E-state index in [2.05, 4.69) is 15.9 Å². The van der Waals surface area contributed by atoms with Crippen LogP contribution in [-0.4, -0.2) is 73.1 Å². The monoisotopic (exact) mass is 504 g/mol. The molecule has 0 bridgehead atoms. The van der Waals surface area contributed by atoms with E-state index in [-0.39, 0.29) is 29.4 Å². The summed E-state index contributed by atoms with van der Waals surface area (Å²) in [5, 5.41) is 21.3. The van der Waals surface area contributed by atoms with E-state index in [1.807, 2.05) is 19.0 Å². The molecule has 1 amide bonds. The molecule has 1 saturated heterocycles. The van der Waals surface area contributed by atoms with Crippen LogP contribution in [0.4, 0.5) is 0 Å². The van der Waals surface area contributed by atoms with Crippen molar-refractivity contribution < 1.29 is 29.3 Å². The van der Waals surface area contributed by atoms with Crippen LogP contribution in [0, 0.1) is 0 Å².